The number of hydrogen-bond acceptors (Lipinski definition) is 3. The van der Waals surface area contributed by atoms with Gasteiger partial charge in [-0.3, -0.25) is 15.6 Å². The molecule has 0 unspecified atom stereocenters. The lowest BCUT2D eigenvalue weighted by atomic mass is 10.1. The van der Waals surface area contributed by atoms with Crippen molar-refractivity contribution in [1.82, 2.24) is 10.9 Å². The molecule has 22 heavy (non-hydrogen) atoms. The van der Waals surface area contributed by atoms with Crippen LogP contribution in [0.4, 0.5) is 5.69 Å². The minimum atomic E-state index is -0.293. The predicted octanol–water partition coefficient (Wildman–Crippen LogP) is 3.14. The first-order valence-corrected chi connectivity index (χ1v) is 7.28. The van der Waals surface area contributed by atoms with Crippen molar-refractivity contribution in [3.63, 3.8) is 0 Å². The van der Waals surface area contributed by atoms with Crippen molar-refractivity contribution < 1.29 is 9.21 Å². The van der Waals surface area contributed by atoms with Gasteiger partial charge in [0, 0.05) is 5.69 Å². The van der Waals surface area contributed by atoms with Crippen LogP contribution >= 0.6 is 12.2 Å². The molecule has 2 aromatic rings. The lowest BCUT2D eigenvalue weighted by Gasteiger charge is -2.12. The Kier molecular flexibility index (Phi) is 4.82. The molecule has 6 heteroatoms. The standard InChI is InChI=1S/C16H19N3O2S/c1-9-5-10(2)7-13(6-9)17-16(22)19-18-15(20)14-8-11(3)21-12(14)4/h5-8H,1-4H3,(H,18,20)(H2,17,19,22). The number of hydrazine groups is 1. The highest BCUT2D eigenvalue weighted by Gasteiger charge is 2.13. The van der Waals surface area contributed by atoms with Gasteiger partial charge in [-0.05, 0) is 69.2 Å². The Labute approximate surface area is 135 Å². The van der Waals surface area contributed by atoms with E-state index in [0.717, 1.165) is 16.8 Å². The van der Waals surface area contributed by atoms with E-state index in [0.29, 0.717) is 22.2 Å². The van der Waals surface area contributed by atoms with Crippen LogP contribution in [-0.2, 0) is 0 Å². The molecule has 1 aromatic carbocycles. The average molecular weight is 317 g/mol. The van der Waals surface area contributed by atoms with Gasteiger partial charge in [-0.1, -0.05) is 6.07 Å². The predicted molar refractivity (Wildman–Crippen MR) is 90.9 cm³/mol. The number of hydrogen-bond donors (Lipinski definition) is 3. The number of rotatable bonds is 2. The summed E-state index contributed by atoms with van der Waals surface area (Å²) in [5.41, 5.74) is 8.87. The number of furan rings is 1. The topological polar surface area (TPSA) is 66.3 Å². The van der Waals surface area contributed by atoms with E-state index in [9.17, 15) is 4.79 Å². The summed E-state index contributed by atoms with van der Waals surface area (Å²) >= 11 is 5.17. The zero-order valence-corrected chi connectivity index (χ0v) is 13.9. The molecule has 5 nitrogen and oxygen atoms in total. The first kappa shape index (κ1) is 16.0. The van der Waals surface area contributed by atoms with E-state index in [4.69, 9.17) is 16.6 Å². The molecule has 0 aliphatic heterocycles. The van der Waals surface area contributed by atoms with Crippen molar-refractivity contribution in [2.24, 2.45) is 0 Å². The Bertz CT molecular complexity index is 702. The number of carbonyl (C=O) groups is 1. The summed E-state index contributed by atoms with van der Waals surface area (Å²) in [6.45, 7) is 7.57. The molecule has 0 fully saturated rings. The molecule has 1 amide bonds. The maximum absolute atomic E-state index is 12.0. The molecule has 0 bridgehead atoms. The van der Waals surface area contributed by atoms with Crippen LogP contribution in [0.25, 0.3) is 0 Å². The van der Waals surface area contributed by atoms with E-state index >= 15 is 0 Å². The van der Waals surface area contributed by atoms with Gasteiger partial charge in [0.05, 0.1) is 5.56 Å². The number of thiocarbonyl (C=S) groups is 1. The molecule has 0 aliphatic carbocycles. The van der Waals surface area contributed by atoms with Crippen LogP contribution in [0, 0.1) is 27.7 Å². The molecule has 0 spiro atoms. The van der Waals surface area contributed by atoms with Crippen LogP contribution in [0.3, 0.4) is 0 Å². The minimum Gasteiger partial charge on any atom is -0.466 e. The third kappa shape index (κ3) is 4.08. The van der Waals surface area contributed by atoms with Crippen molar-refractivity contribution in [3.05, 3.63) is 52.5 Å². The van der Waals surface area contributed by atoms with Gasteiger partial charge in [0.25, 0.3) is 5.91 Å². The van der Waals surface area contributed by atoms with E-state index in [1.807, 2.05) is 26.0 Å². The van der Waals surface area contributed by atoms with E-state index < -0.39 is 0 Å². The molecule has 0 saturated carbocycles. The monoisotopic (exact) mass is 317 g/mol. The molecular weight excluding hydrogens is 298 g/mol. The number of amides is 1. The Hall–Kier alpha value is -2.34. The van der Waals surface area contributed by atoms with Gasteiger partial charge in [0.1, 0.15) is 11.5 Å². The Morgan fingerprint density at radius 2 is 1.64 bits per heavy atom. The summed E-state index contributed by atoms with van der Waals surface area (Å²) in [4.78, 5) is 12.0. The Balaban J connectivity index is 1.92. The SMILES string of the molecule is Cc1cc(C)cc(NC(=S)NNC(=O)c2cc(C)oc2C)c1. The van der Waals surface area contributed by atoms with Gasteiger partial charge in [-0.2, -0.15) is 0 Å². The largest absolute Gasteiger partial charge is 0.466 e. The van der Waals surface area contributed by atoms with Crippen LogP contribution < -0.4 is 16.2 Å². The number of nitrogens with one attached hydrogen (secondary N) is 3. The zero-order valence-electron chi connectivity index (χ0n) is 13.0. The molecule has 0 atom stereocenters. The summed E-state index contributed by atoms with van der Waals surface area (Å²) in [6.07, 6.45) is 0. The third-order valence-electron chi connectivity index (χ3n) is 3.05. The van der Waals surface area contributed by atoms with Crippen LogP contribution in [0.2, 0.25) is 0 Å². The second kappa shape index (κ2) is 6.62. The Morgan fingerprint density at radius 3 is 2.18 bits per heavy atom. The van der Waals surface area contributed by atoms with Gasteiger partial charge in [0.2, 0.25) is 0 Å². The maximum atomic E-state index is 12.0. The van der Waals surface area contributed by atoms with Crippen LogP contribution in [0.5, 0.6) is 0 Å². The summed E-state index contributed by atoms with van der Waals surface area (Å²) in [6, 6.07) is 7.72. The molecule has 0 saturated heterocycles. The van der Waals surface area contributed by atoms with E-state index in [2.05, 4.69) is 22.2 Å². The Morgan fingerprint density at radius 1 is 1.00 bits per heavy atom. The molecule has 3 N–H and O–H groups in total. The lowest BCUT2D eigenvalue weighted by Crippen LogP contribution is -2.43. The smallest absolute Gasteiger partial charge is 0.273 e. The zero-order chi connectivity index (χ0) is 16.3. The minimum absolute atomic E-state index is 0.293. The van der Waals surface area contributed by atoms with Crippen LogP contribution in [-0.4, -0.2) is 11.0 Å². The first-order valence-electron chi connectivity index (χ1n) is 6.88. The fraction of sp³-hybridized carbons (Fsp3) is 0.250. The molecule has 2 rings (SSSR count). The van der Waals surface area contributed by atoms with E-state index in [-0.39, 0.29) is 5.91 Å². The molecule has 1 aromatic heterocycles. The highest BCUT2D eigenvalue weighted by Crippen LogP contribution is 2.14. The molecule has 0 radical (unpaired) electrons. The number of aryl methyl sites for hydroxylation is 4. The van der Waals surface area contributed by atoms with E-state index in [1.165, 1.54) is 0 Å². The summed E-state index contributed by atoms with van der Waals surface area (Å²) < 4.78 is 5.33. The highest BCUT2D eigenvalue weighted by atomic mass is 32.1. The quantitative estimate of drug-likeness (QED) is 0.586. The molecule has 1 heterocycles. The summed E-state index contributed by atoms with van der Waals surface area (Å²) in [7, 11) is 0. The summed E-state index contributed by atoms with van der Waals surface area (Å²) in [5, 5.41) is 3.35. The number of carbonyl (C=O) groups excluding carboxylic acids is 1. The highest BCUT2D eigenvalue weighted by molar-refractivity contribution is 7.80. The number of anilines is 1. The number of benzene rings is 1. The van der Waals surface area contributed by atoms with Crippen LogP contribution in [0.1, 0.15) is 33.0 Å². The van der Waals surface area contributed by atoms with Gasteiger partial charge < -0.3 is 9.73 Å². The normalized spacial score (nSPS) is 10.2. The van der Waals surface area contributed by atoms with Gasteiger partial charge in [-0.25, -0.2) is 0 Å². The molecule has 116 valence electrons. The maximum Gasteiger partial charge on any atom is 0.273 e. The van der Waals surface area contributed by atoms with Crippen molar-refractivity contribution in [2.75, 3.05) is 5.32 Å². The van der Waals surface area contributed by atoms with Gasteiger partial charge in [0.15, 0.2) is 5.11 Å². The fourth-order valence-electron chi connectivity index (χ4n) is 2.25. The van der Waals surface area contributed by atoms with Crippen molar-refractivity contribution >= 4 is 28.9 Å². The first-order chi connectivity index (χ1) is 10.3. The second-order valence-corrected chi connectivity index (χ2v) is 5.64. The summed E-state index contributed by atoms with van der Waals surface area (Å²) in [5.74, 6) is 0.975. The van der Waals surface area contributed by atoms with Gasteiger partial charge >= 0.3 is 0 Å². The third-order valence-corrected chi connectivity index (χ3v) is 3.26. The molecule has 0 aliphatic rings. The average Bonchev–Trinajstić information content (AvgIpc) is 2.74. The fourth-order valence-corrected chi connectivity index (χ4v) is 2.42. The van der Waals surface area contributed by atoms with Crippen molar-refractivity contribution in [2.45, 2.75) is 27.7 Å². The van der Waals surface area contributed by atoms with Gasteiger partial charge in [-0.15, -0.1) is 0 Å². The van der Waals surface area contributed by atoms with Crippen molar-refractivity contribution in [3.8, 4) is 0 Å². The van der Waals surface area contributed by atoms with Crippen LogP contribution in [0.15, 0.2) is 28.7 Å². The van der Waals surface area contributed by atoms with Crippen molar-refractivity contribution in [1.29, 1.82) is 0 Å². The second-order valence-electron chi connectivity index (χ2n) is 5.24. The lowest BCUT2D eigenvalue weighted by molar-refractivity contribution is 0.0942. The van der Waals surface area contributed by atoms with E-state index in [1.54, 1.807) is 19.9 Å². The molecular formula is C16H19N3O2S.